The summed E-state index contributed by atoms with van der Waals surface area (Å²) >= 11 is 0. The molecule has 0 fully saturated rings. The molecule has 21 heavy (non-hydrogen) atoms. The summed E-state index contributed by atoms with van der Waals surface area (Å²) in [5.41, 5.74) is -2.25. The fraction of sp³-hybridized carbons (Fsp3) is 0.364. The van der Waals surface area contributed by atoms with Gasteiger partial charge in [-0.05, 0) is 5.92 Å². The summed E-state index contributed by atoms with van der Waals surface area (Å²) in [6.45, 7) is 3.11. The van der Waals surface area contributed by atoms with Crippen molar-refractivity contribution in [2.75, 3.05) is 5.32 Å². The van der Waals surface area contributed by atoms with Crippen molar-refractivity contribution in [3.8, 4) is 0 Å². The van der Waals surface area contributed by atoms with Crippen LogP contribution in [0, 0.1) is 32.0 Å². The predicted molar refractivity (Wildman–Crippen MR) is 69.6 cm³/mol. The molecule has 1 rings (SSSR count). The number of rotatable bonds is 6. The van der Waals surface area contributed by atoms with Gasteiger partial charge in [-0.15, -0.1) is 0 Å². The topological polar surface area (TPSA) is 136 Å². The van der Waals surface area contributed by atoms with Gasteiger partial charge < -0.3 is 10.4 Å². The number of anilines is 1. The number of carboxylic acid groups (broad SMARTS) is 1. The van der Waals surface area contributed by atoms with E-state index in [2.05, 4.69) is 5.32 Å². The van der Waals surface area contributed by atoms with Gasteiger partial charge in [0.1, 0.15) is 11.7 Å². The fourth-order valence-electron chi connectivity index (χ4n) is 1.64. The lowest BCUT2D eigenvalue weighted by Gasteiger charge is -2.19. The van der Waals surface area contributed by atoms with Crippen LogP contribution in [-0.4, -0.2) is 27.0 Å². The van der Waals surface area contributed by atoms with E-state index >= 15 is 0 Å². The van der Waals surface area contributed by atoms with Gasteiger partial charge in [0.15, 0.2) is 0 Å². The molecule has 0 radical (unpaired) electrons. The first kappa shape index (κ1) is 16.3. The minimum Gasteiger partial charge on any atom is -0.480 e. The van der Waals surface area contributed by atoms with Gasteiger partial charge >= 0.3 is 11.7 Å². The van der Waals surface area contributed by atoms with Crippen molar-refractivity contribution in [2.24, 2.45) is 5.92 Å². The van der Waals surface area contributed by atoms with E-state index in [0.29, 0.717) is 12.1 Å². The van der Waals surface area contributed by atoms with E-state index < -0.39 is 50.7 Å². The molecule has 0 amide bonds. The molecule has 0 aliphatic rings. The molecule has 0 heterocycles. The van der Waals surface area contributed by atoms with Crippen LogP contribution in [-0.2, 0) is 4.79 Å². The third kappa shape index (κ3) is 3.61. The number of benzene rings is 1. The average molecular weight is 301 g/mol. The number of hydrogen-bond acceptors (Lipinski definition) is 6. The minimum absolute atomic E-state index is 0.427. The Labute approximate surface area is 117 Å². The molecule has 1 atom stereocenters. The zero-order valence-electron chi connectivity index (χ0n) is 11.1. The van der Waals surface area contributed by atoms with Gasteiger partial charge in [0.2, 0.25) is 5.82 Å². The van der Waals surface area contributed by atoms with Gasteiger partial charge in [-0.1, -0.05) is 13.8 Å². The number of nitro benzene ring substituents is 2. The van der Waals surface area contributed by atoms with Crippen LogP contribution < -0.4 is 5.32 Å². The van der Waals surface area contributed by atoms with Crippen LogP contribution in [0.15, 0.2) is 12.1 Å². The molecule has 0 spiro atoms. The van der Waals surface area contributed by atoms with Gasteiger partial charge in [0.25, 0.3) is 5.69 Å². The fourth-order valence-corrected chi connectivity index (χ4v) is 1.64. The highest BCUT2D eigenvalue weighted by atomic mass is 19.1. The number of nitrogens with one attached hydrogen (secondary N) is 1. The van der Waals surface area contributed by atoms with Crippen LogP contribution in [0.3, 0.4) is 0 Å². The second-order valence-corrected chi connectivity index (χ2v) is 4.54. The molecular weight excluding hydrogens is 289 g/mol. The Kier molecular flexibility index (Phi) is 4.74. The van der Waals surface area contributed by atoms with Crippen molar-refractivity contribution < 1.29 is 24.1 Å². The third-order valence-corrected chi connectivity index (χ3v) is 2.70. The Morgan fingerprint density at radius 2 is 1.76 bits per heavy atom. The van der Waals surface area contributed by atoms with Crippen LogP contribution in [0.25, 0.3) is 0 Å². The second kappa shape index (κ2) is 6.11. The second-order valence-electron chi connectivity index (χ2n) is 4.54. The molecule has 0 aliphatic heterocycles. The molecule has 1 aromatic rings. The highest BCUT2D eigenvalue weighted by molar-refractivity contribution is 5.79. The Hall–Kier alpha value is -2.78. The number of hydrogen-bond donors (Lipinski definition) is 2. The van der Waals surface area contributed by atoms with Gasteiger partial charge in [-0.3, -0.25) is 20.2 Å². The van der Waals surface area contributed by atoms with Crippen LogP contribution in [0.1, 0.15) is 13.8 Å². The van der Waals surface area contributed by atoms with E-state index in [4.69, 9.17) is 5.11 Å². The van der Waals surface area contributed by atoms with Crippen LogP contribution in [0.4, 0.5) is 21.5 Å². The van der Waals surface area contributed by atoms with Crippen LogP contribution in [0.2, 0.25) is 0 Å². The van der Waals surface area contributed by atoms with Crippen molar-refractivity contribution in [3.63, 3.8) is 0 Å². The number of nitro groups is 2. The summed E-state index contributed by atoms with van der Waals surface area (Å²) in [7, 11) is 0. The Morgan fingerprint density at radius 1 is 1.24 bits per heavy atom. The Morgan fingerprint density at radius 3 is 2.14 bits per heavy atom. The molecule has 114 valence electrons. The first-order chi connectivity index (χ1) is 9.65. The minimum atomic E-state index is -1.29. The quantitative estimate of drug-likeness (QED) is 0.606. The molecule has 9 nitrogen and oxygen atoms in total. The molecule has 0 bridgehead atoms. The van der Waals surface area contributed by atoms with E-state index in [1.807, 2.05) is 0 Å². The van der Waals surface area contributed by atoms with E-state index in [0.717, 1.165) is 0 Å². The Balaban J connectivity index is 3.35. The zero-order valence-corrected chi connectivity index (χ0v) is 11.1. The van der Waals surface area contributed by atoms with E-state index in [9.17, 15) is 29.4 Å². The maximum atomic E-state index is 13.5. The summed E-state index contributed by atoms with van der Waals surface area (Å²) in [5.74, 6) is -3.01. The summed E-state index contributed by atoms with van der Waals surface area (Å²) in [6.07, 6.45) is 0. The summed E-state index contributed by atoms with van der Waals surface area (Å²) in [5, 5.41) is 32.8. The SMILES string of the molecule is CC(C)[C@H](Nc1cc(F)c([N+](=O)[O-])cc1[N+](=O)[O-])C(=O)O. The average Bonchev–Trinajstić information content (AvgIpc) is 2.34. The number of nitrogens with zero attached hydrogens (tertiary/aromatic N) is 2. The number of carbonyl (C=O) groups is 1. The molecule has 10 heteroatoms. The number of aliphatic carboxylic acids is 1. The first-order valence-corrected chi connectivity index (χ1v) is 5.76. The monoisotopic (exact) mass is 301 g/mol. The lowest BCUT2D eigenvalue weighted by atomic mass is 10.0. The van der Waals surface area contributed by atoms with E-state index in [-0.39, 0.29) is 0 Å². The highest BCUT2D eigenvalue weighted by Crippen LogP contribution is 2.32. The van der Waals surface area contributed by atoms with Gasteiger partial charge in [0, 0.05) is 6.07 Å². The van der Waals surface area contributed by atoms with Crippen molar-refractivity contribution in [1.82, 2.24) is 0 Å². The molecule has 1 aromatic carbocycles. The van der Waals surface area contributed by atoms with E-state index in [1.54, 1.807) is 13.8 Å². The van der Waals surface area contributed by atoms with E-state index in [1.165, 1.54) is 0 Å². The molecule has 2 N–H and O–H groups in total. The van der Waals surface area contributed by atoms with Crippen LogP contribution in [0.5, 0.6) is 0 Å². The van der Waals surface area contributed by atoms with Gasteiger partial charge in [-0.2, -0.15) is 4.39 Å². The first-order valence-electron chi connectivity index (χ1n) is 5.76. The third-order valence-electron chi connectivity index (χ3n) is 2.70. The highest BCUT2D eigenvalue weighted by Gasteiger charge is 2.29. The standard InChI is InChI=1S/C11H12FN3O6/c1-5(2)10(11(16)17)13-7-3-6(12)8(14(18)19)4-9(7)15(20)21/h3-5,10,13H,1-2H3,(H,16,17)/t10-/m0/s1. The number of carboxylic acids is 1. The predicted octanol–water partition coefficient (Wildman–Crippen LogP) is 2.16. The normalized spacial score (nSPS) is 12.0. The molecule has 0 unspecified atom stereocenters. The van der Waals surface area contributed by atoms with Crippen molar-refractivity contribution in [3.05, 3.63) is 38.2 Å². The summed E-state index contributed by atoms with van der Waals surface area (Å²) in [6, 6.07) is -0.199. The molecule has 0 saturated heterocycles. The van der Waals surface area contributed by atoms with Gasteiger partial charge in [0.05, 0.1) is 15.9 Å². The molecular formula is C11H12FN3O6. The molecule has 0 aliphatic carbocycles. The smallest absolute Gasteiger partial charge is 0.326 e. The van der Waals surface area contributed by atoms with Crippen molar-refractivity contribution in [2.45, 2.75) is 19.9 Å². The maximum Gasteiger partial charge on any atom is 0.326 e. The molecule has 0 saturated carbocycles. The Bertz CT molecular complexity index is 604. The maximum absolute atomic E-state index is 13.5. The lowest BCUT2D eigenvalue weighted by molar-refractivity contribution is -0.395. The molecule has 0 aromatic heterocycles. The number of halogens is 1. The van der Waals surface area contributed by atoms with Gasteiger partial charge in [-0.25, -0.2) is 4.79 Å². The summed E-state index contributed by atoms with van der Waals surface area (Å²) in [4.78, 5) is 30.5. The zero-order chi connectivity index (χ0) is 16.3. The largest absolute Gasteiger partial charge is 0.480 e. The van der Waals surface area contributed by atoms with Crippen LogP contribution >= 0.6 is 0 Å². The summed E-state index contributed by atoms with van der Waals surface area (Å²) < 4.78 is 13.5. The lowest BCUT2D eigenvalue weighted by Crippen LogP contribution is -2.34. The van der Waals surface area contributed by atoms with Crippen molar-refractivity contribution in [1.29, 1.82) is 0 Å². The van der Waals surface area contributed by atoms with Crippen molar-refractivity contribution >= 4 is 23.0 Å².